The number of nitrogens with zero attached hydrogens (tertiary/aromatic N) is 5. The van der Waals surface area contributed by atoms with Gasteiger partial charge in [0.25, 0.3) is 14.2 Å². The molecule has 5 atom stereocenters. The van der Waals surface area contributed by atoms with E-state index in [0.29, 0.717) is 0 Å². The molecule has 19 heteroatoms. The number of hydrogen-bond acceptors (Lipinski definition) is 15. The first kappa shape index (κ1) is 39.4. The number of rotatable bonds is 16. The number of aromatic nitrogens is 2. The number of fused-ring (bicyclic) bond motifs is 1. The van der Waals surface area contributed by atoms with Crippen LogP contribution in [0.3, 0.4) is 0 Å². The van der Waals surface area contributed by atoms with Gasteiger partial charge in [0.2, 0.25) is 12.7 Å². The van der Waals surface area contributed by atoms with Crippen LogP contribution in [0.2, 0.25) is 0 Å². The molecule has 1 amide bonds. The van der Waals surface area contributed by atoms with E-state index in [0.717, 1.165) is 0 Å². The second kappa shape index (κ2) is 17.7. The summed E-state index contributed by atoms with van der Waals surface area (Å²) in [6, 6.07) is 6.08. The van der Waals surface area contributed by atoms with Gasteiger partial charge < -0.3 is 38.0 Å². The minimum absolute atomic E-state index is 0.0110. The van der Waals surface area contributed by atoms with Crippen molar-refractivity contribution in [2.75, 3.05) is 25.3 Å². The molecule has 1 fully saturated rings. The van der Waals surface area contributed by atoms with Crippen molar-refractivity contribution in [3.63, 3.8) is 0 Å². The Labute approximate surface area is 296 Å². The molecule has 2 aliphatic rings. The van der Waals surface area contributed by atoms with Crippen LogP contribution in [0.15, 0.2) is 29.2 Å². The molecule has 2 aliphatic heterocycles. The van der Waals surface area contributed by atoms with Crippen LogP contribution in [-0.4, -0.2) is 75.5 Å². The smallest absolute Gasteiger partial charge is 0.454 e. The van der Waals surface area contributed by atoms with Crippen LogP contribution in [0.4, 0.5) is 16.3 Å². The number of anilines is 1. The van der Waals surface area contributed by atoms with Gasteiger partial charge in [-0.3, -0.25) is 19.5 Å². The highest BCUT2D eigenvalue weighted by molar-refractivity contribution is 7.44. The number of carbonyl (C=O) groups is 2. The van der Waals surface area contributed by atoms with E-state index in [1.54, 1.807) is 13.8 Å². The summed E-state index contributed by atoms with van der Waals surface area (Å²) >= 11 is 0. The van der Waals surface area contributed by atoms with Crippen LogP contribution >= 0.6 is 8.53 Å². The second-order valence-corrected chi connectivity index (χ2v) is 14.0. The summed E-state index contributed by atoms with van der Waals surface area (Å²) < 4.78 is 43.5. The number of ether oxygens (including phenoxy) is 5. The van der Waals surface area contributed by atoms with E-state index in [1.807, 2.05) is 32.4 Å². The maximum atomic E-state index is 13.1. The van der Waals surface area contributed by atoms with Crippen LogP contribution in [0.25, 0.3) is 0 Å². The number of benzene rings is 1. The topological polar surface area (TPSA) is 216 Å². The first-order valence-corrected chi connectivity index (χ1v) is 17.5. The van der Waals surface area contributed by atoms with Gasteiger partial charge in [-0.05, 0) is 46.8 Å². The van der Waals surface area contributed by atoms with E-state index < -0.39 is 49.8 Å². The third-order valence-corrected chi connectivity index (χ3v) is 9.93. The quantitative estimate of drug-likeness (QED) is 0.0757. The van der Waals surface area contributed by atoms with Gasteiger partial charge in [-0.25, -0.2) is 14.3 Å². The van der Waals surface area contributed by atoms with Gasteiger partial charge in [-0.15, -0.1) is 0 Å². The Morgan fingerprint density at radius 3 is 2.47 bits per heavy atom. The van der Waals surface area contributed by atoms with Crippen molar-refractivity contribution in [1.29, 1.82) is 5.26 Å². The van der Waals surface area contributed by atoms with Crippen LogP contribution < -0.4 is 20.5 Å². The Balaban J connectivity index is 1.54. The molecule has 0 aliphatic carbocycles. The van der Waals surface area contributed by atoms with Crippen molar-refractivity contribution < 1.29 is 47.2 Å². The molecule has 1 saturated heterocycles. The normalized spacial score (nSPS) is 19.3. The summed E-state index contributed by atoms with van der Waals surface area (Å²) in [4.78, 5) is 53.3. The van der Waals surface area contributed by atoms with Crippen LogP contribution in [0, 0.1) is 27.4 Å². The minimum atomic E-state index is -1.76. The van der Waals surface area contributed by atoms with Gasteiger partial charge in [0.05, 0.1) is 41.8 Å². The summed E-state index contributed by atoms with van der Waals surface area (Å²) in [5.41, 5.74) is -0.950. The molecule has 0 radical (unpaired) electrons. The third-order valence-electron chi connectivity index (χ3n) is 7.78. The van der Waals surface area contributed by atoms with Crippen molar-refractivity contribution in [1.82, 2.24) is 14.2 Å². The average molecular weight is 735 g/mol. The van der Waals surface area contributed by atoms with Crippen molar-refractivity contribution in [3.05, 3.63) is 50.6 Å². The number of nitriles is 1. The van der Waals surface area contributed by atoms with Gasteiger partial charge >= 0.3 is 11.8 Å². The molecule has 18 nitrogen and oxygen atoms in total. The summed E-state index contributed by atoms with van der Waals surface area (Å²) in [5.74, 6) is -0.0707. The van der Waals surface area contributed by atoms with Crippen molar-refractivity contribution >= 4 is 32.1 Å². The fourth-order valence-electron chi connectivity index (χ4n) is 5.34. The van der Waals surface area contributed by atoms with Gasteiger partial charge in [0, 0.05) is 30.6 Å². The number of hydrogen-bond donors (Lipinski definition) is 1. The zero-order chi connectivity index (χ0) is 37.4. The maximum absolute atomic E-state index is 13.1. The molecular formula is C32H43N6O12P. The molecule has 2 aromatic rings. The lowest BCUT2D eigenvalue weighted by molar-refractivity contribution is -0.386. The Bertz CT molecular complexity index is 1660. The average Bonchev–Trinajstić information content (AvgIpc) is 3.69. The molecule has 1 aromatic heterocycles. The summed E-state index contributed by atoms with van der Waals surface area (Å²) in [7, 11) is -1.76. The number of carbonyl (C=O) groups excluding carboxylic acids is 2. The van der Waals surface area contributed by atoms with Gasteiger partial charge in [-0.1, -0.05) is 13.8 Å². The Hall–Kier alpha value is -4.40. The minimum Gasteiger partial charge on any atom is -0.454 e. The van der Waals surface area contributed by atoms with E-state index >= 15 is 0 Å². The Morgan fingerprint density at radius 1 is 1.18 bits per heavy atom. The van der Waals surface area contributed by atoms with Crippen molar-refractivity contribution in [2.24, 2.45) is 5.92 Å². The number of nitro groups is 1. The fourth-order valence-corrected chi connectivity index (χ4v) is 7.10. The van der Waals surface area contributed by atoms with Crippen LogP contribution in [0.1, 0.15) is 79.2 Å². The largest absolute Gasteiger partial charge is 0.508 e. The standard InChI is InChI=1S/C32H43N6O12P/c1-18(2)30(39)34-28-9-11-36(31(40)35-28)29-15-26(50-51(47-12-8-10-33)37(19(3)4)20(5)6)27(49-29)16-44-32(41)48-21(7)22-13-24-25(46-17-45-24)14-23(22)38(42)43/h9,11,13-14,18-21,26-27,29H,8,12,15-17H2,1-7H3,(H,34,35,39,40)/t21?,26-,27+,29+,51?/m0/s1. The first-order chi connectivity index (χ1) is 24.2. The number of nitrogens with one attached hydrogen (secondary N) is 1. The van der Waals surface area contributed by atoms with Gasteiger partial charge in [-0.2, -0.15) is 10.2 Å². The Kier molecular flexibility index (Phi) is 13.7. The molecule has 4 rings (SSSR count). The Morgan fingerprint density at radius 2 is 1.86 bits per heavy atom. The molecule has 278 valence electrons. The van der Waals surface area contributed by atoms with E-state index in [-0.39, 0.29) is 85.3 Å². The fraction of sp³-hybridized carbons (Fsp3) is 0.594. The maximum Gasteiger partial charge on any atom is 0.508 e. The second-order valence-electron chi connectivity index (χ2n) is 12.5. The lowest BCUT2D eigenvalue weighted by Gasteiger charge is -2.37. The molecular weight excluding hydrogens is 691 g/mol. The van der Waals surface area contributed by atoms with E-state index in [2.05, 4.69) is 16.4 Å². The number of amides is 1. The predicted octanol–water partition coefficient (Wildman–Crippen LogP) is 5.34. The van der Waals surface area contributed by atoms with E-state index in [4.69, 9.17) is 38.0 Å². The highest BCUT2D eigenvalue weighted by atomic mass is 31.2. The molecule has 0 spiro atoms. The molecule has 3 heterocycles. The molecule has 51 heavy (non-hydrogen) atoms. The monoisotopic (exact) mass is 734 g/mol. The van der Waals surface area contributed by atoms with E-state index in [9.17, 15) is 24.5 Å². The van der Waals surface area contributed by atoms with E-state index in [1.165, 1.54) is 35.9 Å². The molecule has 0 bridgehead atoms. The third kappa shape index (κ3) is 10.1. The van der Waals surface area contributed by atoms with Crippen molar-refractivity contribution in [3.8, 4) is 17.6 Å². The highest BCUT2D eigenvalue weighted by Crippen LogP contribution is 2.50. The molecule has 1 N–H and O–H groups in total. The molecule has 2 unspecified atom stereocenters. The van der Waals surface area contributed by atoms with Crippen molar-refractivity contribution in [2.45, 2.75) is 97.9 Å². The summed E-state index contributed by atoms with van der Waals surface area (Å²) in [5, 5.41) is 23.5. The van der Waals surface area contributed by atoms with Crippen LogP contribution in [-0.2, 0) is 28.1 Å². The van der Waals surface area contributed by atoms with Gasteiger partial charge in [0.15, 0.2) is 11.5 Å². The number of nitro benzene ring substituents is 1. The highest BCUT2D eigenvalue weighted by Gasteiger charge is 2.42. The lowest BCUT2D eigenvalue weighted by atomic mass is 10.1. The molecule has 1 aromatic carbocycles. The van der Waals surface area contributed by atoms with Gasteiger partial charge in [0.1, 0.15) is 30.9 Å². The zero-order valence-electron chi connectivity index (χ0n) is 29.5. The first-order valence-electron chi connectivity index (χ1n) is 16.4. The molecule has 0 saturated carbocycles. The van der Waals surface area contributed by atoms with Crippen LogP contribution in [0.5, 0.6) is 11.5 Å². The SMILES string of the molecule is CC(C)C(=O)Nc1ccn([C@H]2C[C@H](OP(OCCC#N)N(C(C)C)C(C)C)[C@@H](COC(=O)OC(C)c3cc4c(cc3[N+](=O)[O-])OCO4)O2)c(=O)n1. The lowest BCUT2D eigenvalue weighted by Crippen LogP contribution is -2.37. The zero-order valence-corrected chi connectivity index (χ0v) is 30.4. The summed E-state index contributed by atoms with van der Waals surface area (Å²) in [6.07, 6.45) is -3.18. The summed E-state index contributed by atoms with van der Waals surface area (Å²) in [6.45, 7) is 12.4. The predicted molar refractivity (Wildman–Crippen MR) is 181 cm³/mol.